The molecule has 4 aromatic rings. The first-order valence-electron chi connectivity index (χ1n) is 10.6. The molecule has 2 aromatic carbocycles. The molecule has 35 heavy (non-hydrogen) atoms. The van der Waals surface area contributed by atoms with E-state index < -0.39 is 0 Å². The van der Waals surface area contributed by atoms with Gasteiger partial charge in [-0.1, -0.05) is 30.0 Å². The van der Waals surface area contributed by atoms with Gasteiger partial charge in [0.1, 0.15) is 5.76 Å². The molecule has 0 bridgehead atoms. The molecule has 0 unspecified atom stereocenters. The van der Waals surface area contributed by atoms with E-state index in [0.29, 0.717) is 28.2 Å². The molecule has 0 radical (unpaired) electrons. The smallest absolute Gasteiger partial charge is 0.250 e. The van der Waals surface area contributed by atoms with Crippen LogP contribution in [0.25, 0.3) is 23.2 Å². The van der Waals surface area contributed by atoms with Gasteiger partial charge >= 0.3 is 0 Å². The van der Waals surface area contributed by atoms with Crippen molar-refractivity contribution >= 4 is 30.0 Å². The summed E-state index contributed by atoms with van der Waals surface area (Å²) in [7, 11) is 3.17. The largest absolute Gasteiger partial charge is 0.493 e. The van der Waals surface area contributed by atoms with E-state index in [-0.39, 0.29) is 11.7 Å². The number of benzene rings is 2. The lowest BCUT2D eigenvalue weighted by molar-refractivity contribution is -0.118. The summed E-state index contributed by atoms with van der Waals surface area (Å²) in [5.74, 6) is 2.35. The van der Waals surface area contributed by atoms with E-state index in [1.165, 1.54) is 18.0 Å². The van der Waals surface area contributed by atoms with Crippen LogP contribution in [0.2, 0.25) is 0 Å². The van der Waals surface area contributed by atoms with Crippen LogP contribution >= 0.6 is 11.8 Å². The standard InChI is InChI=1S/C25H23N5O4S/c1-32-21-13-12-18(16-22(21)33-2)24-28-29-25(30(24)19-8-4-3-5-9-19)35-17-23(31)27-26-14-6-10-20-11-7-15-34-20/h3-16H,17H2,1-2H3,(H,27,31)/b10-6+,26-14+. The Hall–Kier alpha value is -4.31. The van der Waals surface area contributed by atoms with Gasteiger partial charge in [0.25, 0.3) is 5.91 Å². The summed E-state index contributed by atoms with van der Waals surface area (Å²) in [6, 6.07) is 18.9. The molecule has 2 aromatic heterocycles. The lowest BCUT2D eigenvalue weighted by Gasteiger charge is -2.12. The maximum absolute atomic E-state index is 12.3. The fourth-order valence-corrected chi connectivity index (χ4v) is 3.92. The molecule has 1 N–H and O–H groups in total. The molecule has 0 spiro atoms. The number of aromatic nitrogens is 3. The number of methoxy groups -OCH3 is 2. The lowest BCUT2D eigenvalue weighted by atomic mass is 10.2. The summed E-state index contributed by atoms with van der Waals surface area (Å²) in [4.78, 5) is 12.3. The van der Waals surface area contributed by atoms with Gasteiger partial charge in [0.2, 0.25) is 0 Å². The van der Waals surface area contributed by atoms with Gasteiger partial charge in [-0.25, -0.2) is 5.43 Å². The minimum atomic E-state index is -0.270. The highest BCUT2D eigenvalue weighted by molar-refractivity contribution is 7.99. The fraction of sp³-hybridized carbons (Fsp3) is 0.120. The van der Waals surface area contributed by atoms with Crippen LogP contribution in [-0.4, -0.2) is 46.9 Å². The number of hydrazone groups is 1. The number of carbonyl (C=O) groups is 1. The number of nitrogens with zero attached hydrogens (tertiary/aromatic N) is 4. The van der Waals surface area contributed by atoms with Crippen molar-refractivity contribution in [3.63, 3.8) is 0 Å². The molecular weight excluding hydrogens is 466 g/mol. The van der Waals surface area contributed by atoms with Crippen LogP contribution < -0.4 is 14.9 Å². The molecule has 10 heteroatoms. The topological polar surface area (TPSA) is 104 Å². The van der Waals surface area contributed by atoms with Gasteiger partial charge in [-0.05, 0) is 54.6 Å². The zero-order chi connectivity index (χ0) is 24.5. The Bertz CT molecular complexity index is 1320. The number of hydrogen-bond donors (Lipinski definition) is 1. The summed E-state index contributed by atoms with van der Waals surface area (Å²) in [5, 5.41) is 13.2. The third-order valence-electron chi connectivity index (χ3n) is 4.78. The third kappa shape index (κ3) is 5.98. The molecule has 1 amide bonds. The van der Waals surface area contributed by atoms with Crippen molar-refractivity contribution < 1.29 is 18.7 Å². The molecule has 0 saturated carbocycles. The quantitative estimate of drug-likeness (QED) is 0.199. The molecule has 0 aliphatic heterocycles. The third-order valence-corrected chi connectivity index (χ3v) is 5.70. The molecule has 9 nitrogen and oxygen atoms in total. The zero-order valence-corrected chi connectivity index (χ0v) is 19.9. The predicted octanol–water partition coefficient (Wildman–Crippen LogP) is 4.45. The number of furan rings is 1. The van der Waals surface area contributed by atoms with Crippen LogP contribution in [0.4, 0.5) is 0 Å². The monoisotopic (exact) mass is 489 g/mol. The van der Waals surface area contributed by atoms with Crippen molar-refractivity contribution in [3.05, 3.63) is 78.8 Å². The Kier molecular flexibility index (Phi) is 7.97. The molecular formula is C25H23N5O4S. The number of ether oxygens (including phenoxy) is 2. The molecule has 2 heterocycles. The van der Waals surface area contributed by atoms with Gasteiger partial charge in [-0.2, -0.15) is 5.10 Å². The Balaban J connectivity index is 1.50. The zero-order valence-electron chi connectivity index (χ0n) is 19.1. The number of hydrogen-bond acceptors (Lipinski definition) is 8. The molecule has 0 aliphatic carbocycles. The van der Waals surface area contributed by atoms with Crippen LogP contribution in [0.15, 0.2) is 87.7 Å². The van der Waals surface area contributed by atoms with Crippen LogP contribution in [0.3, 0.4) is 0 Å². The van der Waals surface area contributed by atoms with E-state index in [1.807, 2.05) is 59.2 Å². The number of nitrogens with one attached hydrogen (secondary N) is 1. The normalized spacial score (nSPS) is 11.3. The van der Waals surface area contributed by atoms with Crippen molar-refractivity contribution in [2.45, 2.75) is 5.16 Å². The van der Waals surface area contributed by atoms with Crippen LogP contribution in [-0.2, 0) is 4.79 Å². The Morgan fingerprint density at radius 1 is 1.09 bits per heavy atom. The molecule has 4 rings (SSSR count). The van der Waals surface area contributed by atoms with Crippen LogP contribution in [0.5, 0.6) is 11.5 Å². The van der Waals surface area contributed by atoms with Gasteiger partial charge in [0.15, 0.2) is 22.5 Å². The molecule has 0 atom stereocenters. The highest BCUT2D eigenvalue weighted by Gasteiger charge is 2.18. The summed E-state index contributed by atoms with van der Waals surface area (Å²) in [6.07, 6.45) is 6.48. The van der Waals surface area contributed by atoms with Crippen molar-refractivity contribution in [2.75, 3.05) is 20.0 Å². The summed E-state index contributed by atoms with van der Waals surface area (Å²) in [5.41, 5.74) is 4.16. The van der Waals surface area contributed by atoms with E-state index in [2.05, 4.69) is 20.7 Å². The van der Waals surface area contributed by atoms with E-state index in [9.17, 15) is 4.79 Å². The van der Waals surface area contributed by atoms with E-state index in [4.69, 9.17) is 13.9 Å². The average molecular weight is 490 g/mol. The molecule has 0 saturated heterocycles. The van der Waals surface area contributed by atoms with Gasteiger partial charge in [0, 0.05) is 17.5 Å². The van der Waals surface area contributed by atoms with Crippen molar-refractivity contribution in [1.82, 2.24) is 20.2 Å². The van der Waals surface area contributed by atoms with Gasteiger partial charge in [-0.3, -0.25) is 9.36 Å². The second-order valence-electron chi connectivity index (χ2n) is 7.02. The van der Waals surface area contributed by atoms with Gasteiger partial charge < -0.3 is 13.9 Å². The minimum absolute atomic E-state index is 0.107. The lowest BCUT2D eigenvalue weighted by Crippen LogP contribution is -2.19. The predicted molar refractivity (Wildman–Crippen MR) is 135 cm³/mol. The number of amides is 1. The molecule has 178 valence electrons. The molecule has 0 fully saturated rings. The van der Waals surface area contributed by atoms with Crippen LogP contribution in [0.1, 0.15) is 5.76 Å². The minimum Gasteiger partial charge on any atom is -0.493 e. The number of thioether (sulfide) groups is 1. The first kappa shape index (κ1) is 23.8. The molecule has 0 aliphatic rings. The van der Waals surface area contributed by atoms with E-state index in [0.717, 1.165) is 11.3 Å². The second kappa shape index (κ2) is 11.7. The first-order valence-corrected chi connectivity index (χ1v) is 11.6. The fourth-order valence-electron chi connectivity index (χ4n) is 3.17. The average Bonchev–Trinajstić information content (AvgIpc) is 3.57. The Labute approximate surface area is 206 Å². The van der Waals surface area contributed by atoms with Gasteiger partial charge in [0.05, 0.1) is 26.2 Å². The van der Waals surface area contributed by atoms with Gasteiger partial charge in [-0.15, -0.1) is 10.2 Å². The maximum atomic E-state index is 12.3. The Morgan fingerprint density at radius 2 is 1.91 bits per heavy atom. The van der Waals surface area contributed by atoms with E-state index >= 15 is 0 Å². The second-order valence-corrected chi connectivity index (χ2v) is 7.97. The highest BCUT2D eigenvalue weighted by atomic mass is 32.2. The summed E-state index contributed by atoms with van der Waals surface area (Å²) < 4.78 is 17.9. The van der Waals surface area contributed by atoms with Crippen molar-refractivity contribution in [2.24, 2.45) is 5.10 Å². The van der Waals surface area contributed by atoms with Crippen molar-refractivity contribution in [1.29, 1.82) is 0 Å². The number of para-hydroxylation sites is 1. The van der Waals surface area contributed by atoms with Crippen molar-refractivity contribution in [3.8, 4) is 28.6 Å². The summed E-state index contributed by atoms with van der Waals surface area (Å²) >= 11 is 1.26. The number of carbonyl (C=O) groups excluding carboxylic acids is 1. The van der Waals surface area contributed by atoms with E-state index in [1.54, 1.807) is 38.7 Å². The van der Waals surface area contributed by atoms with Crippen LogP contribution in [0, 0.1) is 0 Å². The maximum Gasteiger partial charge on any atom is 0.250 e. The SMILES string of the molecule is COc1ccc(-c2nnc(SCC(=O)N/N=C/C=C/c3ccco3)n2-c2ccccc2)cc1OC. The first-order chi connectivity index (χ1) is 17.2. The Morgan fingerprint density at radius 3 is 2.66 bits per heavy atom. The number of rotatable bonds is 10. The highest BCUT2D eigenvalue weighted by Crippen LogP contribution is 2.34. The number of allylic oxidation sites excluding steroid dienone is 1. The summed E-state index contributed by atoms with van der Waals surface area (Å²) in [6.45, 7) is 0.